The van der Waals surface area contributed by atoms with Crippen molar-refractivity contribution >= 4 is 28.4 Å². The van der Waals surface area contributed by atoms with Crippen LogP contribution in [0.1, 0.15) is 11.3 Å². The number of aliphatic hydroxyl groups is 1. The molecule has 0 saturated carbocycles. The van der Waals surface area contributed by atoms with Crippen molar-refractivity contribution in [1.82, 2.24) is 4.98 Å². The molecule has 5 heteroatoms. The smallest absolute Gasteiger partial charge is 0.145 e. The third-order valence-electron chi connectivity index (χ3n) is 3.66. The van der Waals surface area contributed by atoms with Gasteiger partial charge in [-0.25, -0.2) is 9.37 Å². The van der Waals surface area contributed by atoms with E-state index >= 15 is 0 Å². The predicted molar refractivity (Wildman–Crippen MR) is 89.3 cm³/mol. The number of benzene rings is 1. The van der Waals surface area contributed by atoms with Crippen LogP contribution < -0.4 is 4.90 Å². The molecular formula is C16H16FIN2O. The van der Waals surface area contributed by atoms with Gasteiger partial charge in [0.2, 0.25) is 0 Å². The third kappa shape index (κ3) is 3.35. The van der Waals surface area contributed by atoms with Crippen LogP contribution in [0, 0.1) is 3.57 Å². The van der Waals surface area contributed by atoms with Gasteiger partial charge in [0.15, 0.2) is 0 Å². The van der Waals surface area contributed by atoms with Gasteiger partial charge in [0.1, 0.15) is 18.1 Å². The molecule has 0 aliphatic carbocycles. The number of aliphatic hydroxyl groups excluding tert-OH is 1. The van der Waals surface area contributed by atoms with E-state index in [1.807, 2.05) is 30.3 Å². The first-order valence-corrected chi connectivity index (χ1v) is 7.98. The van der Waals surface area contributed by atoms with Gasteiger partial charge in [-0.05, 0) is 40.3 Å². The van der Waals surface area contributed by atoms with Gasteiger partial charge < -0.3 is 10.0 Å². The maximum atomic E-state index is 13.5. The molecule has 1 saturated heterocycles. The first kappa shape index (κ1) is 14.7. The van der Waals surface area contributed by atoms with Crippen LogP contribution >= 0.6 is 22.6 Å². The van der Waals surface area contributed by atoms with Crippen LogP contribution in [-0.2, 0) is 6.42 Å². The van der Waals surface area contributed by atoms with Gasteiger partial charge in [0.05, 0.1) is 12.2 Å². The number of halogens is 2. The number of pyridine rings is 1. The lowest BCUT2D eigenvalue weighted by Gasteiger charge is -2.17. The lowest BCUT2D eigenvalue weighted by atomic mass is 10.1. The maximum absolute atomic E-state index is 13.5. The normalized spacial score (nSPS) is 21.8. The Hall–Kier alpha value is -1.21. The number of alkyl halides is 1. The summed E-state index contributed by atoms with van der Waals surface area (Å²) in [7, 11) is 0. The standard InChI is InChI=1S/C16H16FIN2O/c17-12-9-20(10-15(12)21)16-7-6-13(18)14(19-16)8-11-4-2-1-3-5-11/h1-7,12,15,21H,8-10H2/t12-,15+/m0/s1. The van der Waals surface area contributed by atoms with Crippen LogP contribution in [0.25, 0.3) is 0 Å². The van der Waals surface area contributed by atoms with Gasteiger partial charge in [-0.3, -0.25) is 0 Å². The summed E-state index contributed by atoms with van der Waals surface area (Å²) in [6, 6.07) is 14.0. The molecular weight excluding hydrogens is 382 g/mol. The van der Waals surface area contributed by atoms with Gasteiger partial charge in [-0.15, -0.1) is 0 Å². The highest BCUT2D eigenvalue weighted by Crippen LogP contribution is 2.23. The Balaban J connectivity index is 1.83. The molecule has 1 fully saturated rings. The molecule has 2 atom stereocenters. The molecule has 110 valence electrons. The van der Waals surface area contributed by atoms with E-state index in [9.17, 15) is 9.50 Å². The van der Waals surface area contributed by atoms with Crippen molar-refractivity contribution in [2.75, 3.05) is 18.0 Å². The molecule has 1 aliphatic heterocycles. The molecule has 0 bridgehead atoms. The Morgan fingerprint density at radius 2 is 1.95 bits per heavy atom. The van der Waals surface area contributed by atoms with Gasteiger partial charge in [0.25, 0.3) is 0 Å². The van der Waals surface area contributed by atoms with Crippen molar-refractivity contribution in [1.29, 1.82) is 0 Å². The number of rotatable bonds is 3. The summed E-state index contributed by atoms with van der Waals surface area (Å²) in [6.07, 6.45) is -1.35. The van der Waals surface area contributed by atoms with E-state index in [1.54, 1.807) is 4.90 Å². The van der Waals surface area contributed by atoms with Crippen molar-refractivity contribution in [3.8, 4) is 0 Å². The number of anilines is 1. The average Bonchev–Trinajstić information content (AvgIpc) is 2.82. The largest absolute Gasteiger partial charge is 0.388 e. The molecule has 2 heterocycles. The minimum atomic E-state index is -1.19. The quantitative estimate of drug-likeness (QED) is 0.809. The third-order valence-corrected chi connectivity index (χ3v) is 4.64. The van der Waals surface area contributed by atoms with Gasteiger partial charge in [0, 0.05) is 16.5 Å². The number of hydrogen-bond donors (Lipinski definition) is 1. The summed E-state index contributed by atoms with van der Waals surface area (Å²) in [6.45, 7) is 0.513. The van der Waals surface area contributed by atoms with Crippen LogP contribution in [0.2, 0.25) is 0 Å². The summed E-state index contributed by atoms with van der Waals surface area (Å²) in [4.78, 5) is 6.46. The molecule has 0 radical (unpaired) electrons. The number of aromatic nitrogens is 1. The van der Waals surface area contributed by atoms with Gasteiger partial charge in [-0.2, -0.15) is 0 Å². The highest BCUT2D eigenvalue weighted by Gasteiger charge is 2.32. The highest BCUT2D eigenvalue weighted by atomic mass is 127. The van der Waals surface area contributed by atoms with E-state index in [1.165, 1.54) is 5.56 Å². The first-order chi connectivity index (χ1) is 10.1. The Bertz CT molecular complexity index is 613. The predicted octanol–water partition coefficient (Wildman–Crippen LogP) is 2.80. The zero-order valence-corrected chi connectivity index (χ0v) is 13.6. The number of β-amino-alcohol motifs (C(OH)–C–C–N with tert-alkyl or cyclic N) is 1. The second kappa shape index (κ2) is 6.27. The van der Waals surface area contributed by atoms with E-state index < -0.39 is 12.3 Å². The minimum Gasteiger partial charge on any atom is -0.388 e. The monoisotopic (exact) mass is 398 g/mol. The summed E-state index contributed by atoms with van der Waals surface area (Å²) < 4.78 is 14.6. The first-order valence-electron chi connectivity index (χ1n) is 6.90. The highest BCUT2D eigenvalue weighted by molar-refractivity contribution is 14.1. The maximum Gasteiger partial charge on any atom is 0.145 e. The molecule has 1 aliphatic rings. The van der Waals surface area contributed by atoms with E-state index in [0.717, 1.165) is 21.5 Å². The van der Waals surface area contributed by atoms with Crippen LogP contribution in [0.4, 0.5) is 10.2 Å². The summed E-state index contributed by atoms with van der Waals surface area (Å²) in [5.41, 5.74) is 2.18. The Labute approximate surface area is 137 Å². The van der Waals surface area contributed by atoms with Crippen molar-refractivity contribution in [3.63, 3.8) is 0 Å². The topological polar surface area (TPSA) is 36.4 Å². The molecule has 21 heavy (non-hydrogen) atoms. The van der Waals surface area contributed by atoms with Gasteiger partial charge in [-0.1, -0.05) is 30.3 Å². The fraction of sp³-hybridized carbons (Fsp3) is 0.312. The van der Waals surface area contributed by atoms with Crippen LogP contribution in [0.5, 0.6) is 0 Å². The van der Waals surface area contributed by atoms with E-state index in [-0.39, 0.29) is 6.54 Å². The van der Waals surface area contributed by atoms with E-state index in [0.29, 0.717) is 6.54 Å². The second-order valence-electron chi connectivity index (χ2n) is 5.25. The van der Waals surface area contributed by atoms with Gasteiger partial charge >= 0.3 is 0 Å². The fourth-order valence-corrected chi connectivity index (χ4v) is 2.99. The van der Waals surface area contributed by atoms with Crippen LogP contribution in [0.3, 0.4) is 0 Å². The lowest BCUT2D eigenvalue weighted by Crippen LogP contribution is -2.22. The summed E-state index contributed by atoms with van der Waals surface area (Å²) in [5, 5.41) is 9.54. The number of hydrogen-bond acceptors (Lipinski definition) is 3. The molecule has 3 nitrogen and oxygen atoms in total. The van der Waals surface area contributed by atoms with Crippen molar-refractivity contribution in [2.45, 2.75) is 18.7 Å². The average molecular weight is 398 g/mol. The van der Waals surface area contributed by atoms with Crippen LogP contribution in [0.15, 0.2) is 42.5 Å². The van der Waals surface area contributed by atoms with Crippen LogP contribution in [-0.4, -0.2) is 35.5 Å². The van der Waals surface area contributed by atoms with Crippen molar-refractivity contribution in [3.05, 3.63) is 57.3 Å². The zero-order chi connectivity index (χ0) is 14.8. The molecule has 0 spiro atoms. The van der Waals surface area contributed by atoms with Crippen molar-refractivity contribution in [2.24, 2.45) is 0 Å². The Morgan fingerprint density at radius 1 is 1.19 bits per heavy atom. The van der Waals surface area contributed by atoms with E-state index in [4.69, 9.17) is 0 Å². The lowest BCUT2D eigenvalue weighted by molar-refractivity contribution is 0.118. The second-order valence-corrected chi connectivity index (χ2v) is 6.41. The Morgan fingerprint density at radius 3 is 2.62 bits per heavy atom. The molecule has 1 aromatic heterocycles. The van der Waals surface area contributed by atoms with E-state index in [2.05, 4.69) is 39.7 Å². The molecule has 1 aromatic carbocycles. The zero-order valence-electron chi connectivity index (χ0n) is 11.4. The minimum absolute atomic E-state index is 0.208. The molecule has 1 N–H and O–H groups in total. The summed E-state index contributed by atoms with van der Waals surface area (Å²) >= 11 is 2.27. The Kier molecular flexibility index (Phi) is 4.40. The van der Waals surface area contributed by atoms with Crippen molar-refractivity contribution < 1.29 is 9.50 Å². The molecule has 2 aromatic rings. The fourth-order valence-electron chi connectivity index (χ4n) is 2.50. The molecule has 3 rings (SSSR count). The number of nitrogens with zero attached hydrogens (tertiary/aromatic N) is 2. The summed E-state index contributed by atoms with van der Waals surface area (Å²) in [5.74, 6) is 0.737. The molecule has 0 unspecified atom stereocenters. The molecule has 0 amide bonds. The SMILES string of the molecule is O[C@@H]1CN(c2ccc(I)c(Cc3ccccc3)n2)C[C@@H]1F.